The SMILES string of the molecule is O=C([O-])CCN1C(=O)/C(=C\C=C\c2ccc([N+](=O)[O-])cc2)SC1=S. The Balaban J connectivity index is 2.03. The van der Waals surface area contributed by atoms with Crippen LogP contribution in [-0.4, -0.2) is 32.6 Å². The molecule has 1 amide bonds. The van der Waals surface area contributed by atoms with E-state index in [9.17, 15) is 24.8 Å². The van der Waals surface area contributed by atoms with Crippen LogP contribution in [0, 0.1) is 10.1 Å². The molecule has 0 aromatic heterocycles. The van der Waals surface area contributed by atoms with E-state index in [0.29, 0.717) is 9.23 Å². The van der Waals surface area contributed by atoms with E-state index in [4.69, 9.17) is 12.2 Å². The van der Waals surface area contributed by atoms with Crippen LogP contribution < -0.4 is 5.11 Å². The van der Waals surface area contributed by atoms with Crippen LogP contribution in [0.15, 0.2) is 41.3 Å². The molecule has 0 spiro atoms. The van der Waals surface area contributed by atoms with Gasteiger partial charge in [-0.15, -0.1) is 0 Å². The second-order valence-electron chi connectivity index (χ2n) is 4.69. The molecule has 124 valence electrons. The lowest BCUT2D eigenvalue weighted by molar-refractivity contribution is -0.384. The first-order chi connectivity index (χ1) is 11.4. The number of nitro groups is 1. The van der Waals surface area contributed by atoms with Crippen molar-refractivity contribution in [3.05, 3.63) is 57.0 Å². The molecule has 1 aromatic carbocycles. The van der Waals surface area contributed by atoms with Gasteiger partial charge in [0.1, 0.15) is 4.32 Å². The number of nitrogens with zero attached hydrogens (tertiary/aromatic N) is 2. The molecule has 9 heteroatoms. The summed E-state index contributed by atoms with van der Waals surface area (Å²) in [5, 5.41) is 21.1. The number of thiocarbonyl (C=S) groups is 1. The van der Waals surface area contributed by atoms with Crippen molar-refractivity contribution in [2.45, 2.75) is 6.42 Å². The third kappa shape index (κ3) is 4.49. The van der Waals surface area contributed by atoms with E-state index in [0.717, 1.165) is 17.3 Å². The predicted octanol–water partition coefficient (Wildman–Crippen LogP) is 1.49. The van der Waals surface area contributed by atoms with Gasteiger partial charge in [-0.25, -0.2) is 0 Å². The molecule has 7 nitrogen and oxygen atoms in total. The topological polar surface area (TPSA) is 104 Å². The van der Waals surface area contributed by atoms with Gasteiger partial charge in [-0.1, -0.05) is 36.1 Å². The number of hydrogen-bond donors (Lipinski definition) is 0. The van der Waals surface area contributed by atoms with Gasteiger partial charge >= 0.3 is 0 Å². The van der Waals surface area contributed by atoms with Crippen molar-refractivity contribution in [1.29, 1.82) is 0 Å². The van der Waals surface area contributed by atoms with Gasteiger partial charge in [0.25, 0.3) is 11.6 Å². The number of benzene rings is 1. The molecule has 0 bridgehead atoms. The first-order valence-corrected chi connectivity index (χ1v) is 7.97. The second kappa shape index (κ2) is 7.84. The quantitative estimate of drug-likeness (QED) is 0.326. The lowest BCUT2D eigenvalue weighted by atomic mass is 10.2. The van der Waals surface area contributed by atoms with Crippen molar-refractivity contribution < 1.29 is 19.6 Å². The molecule has 0 unspecified atom stereocenters. The van der Waals surface area contributed by atoms with Crippen LogP contribution >= 0.6 is 24.0 Å². The number of rotatable bonds is 6. The van der Waals surface area contributed by atoms with Crippen molar-refractivity contribution in [2.75, 3.05) is 6.54 Å². The number of carbonyl (C=O) groups is 2. The third-order valence-electron chi connectivity index (χ3n) is 3.05. The van der Waals surface area contributed by atoms with Gasteiger partial charge in [0, 0.05) is 31.1 Å². The molecule has 1 aliphatic rings. The Bertz CT molecular complexity index is 756. The highest BCUT2D eigenvalue weighted by Crippen LogP contribution is 2.31. The maximum absolute atomic E-state index is 12.1. The minimum absolute atomic E-state index is 0.000872. The molecular formula is C15H11N2O5S2-. The summed E-state index contributed by atoms with van der Waals surface area (Å²) in [6, 6.07) is 5.96. The Hall–Kier alpha value is -2.52. The molecule has 0 N–H and O–H groups in total. The standard InChI is InChI=1S/C15H12N2O5S2/c18-13(19)8-9-16-14(20)12(24-15(16)23)3-1-2-10-4-6-11(7-5-10)17(21)22/h1-7H,8-9H2,(H,18,19)/p-1/b2-1+,12-3+. The molecule has 0 radical (unpaired) electrons. The first-order valence-electron chi connectivity index (χ1n) is 6.75. The zero-order valence-electron chi connectivity index (χ0n) is 12.2. The average molecular weight is 363 g/mol. The van der Waals surface area contributed by atoms with Crippen molar-refractivity contribution in [2.24, 2.45) is 0 Å². The largest absolute Gasteiger partial charge is 0.550 e. The van der Waals surface area contributed by atoms with Crippen LogP contribution in [0.4, 0.5) is 5.69 Å². The molecule has 1 saturated heterocycles. The van der Waals surface area contributed by atoms with Crippen LogP contribution in [0.1, 0.15) is 12.0 Å². The maximum Gasteiger partial charge on any atom is 0.269 e. The molecule has 1 fully saturated rings. The van der Waals surface area contributed by atoms with Crippen LogP contribution in [0.3, 0.4) is 0 Å². The van der Waals surface area contributed by atoms with Crippen molar-refractivity contribution >= 4 is 51.9 Å². The Morgan fingerprint density at radius 2 is 2.00 bits per heavy atom. The summed E-state index contributed by atoms with van der Waals surface area (Å²) in [5.41, 5.74) is 0.741. The summed E-state index contributed by atoms with van der Waals surface area (Å²) in [5.74, 6) is -1.59. The molecule has 24 heavy (non-hydrogen) atoms. The molecule has 2 rings (SSSR count). The number of thioether (sulfide) groups is 1. The summed E-state index contributed by atoms with van der Waals surface area (Å²) >= 11 is 6.15. The van der Waals surface area contributed by atoms with Gasteiger partial charge in [0.2, 0.25) is 0 Å². The number of carboxylic acid groups (broad SMARTS) is 1. The van der Waals surface area contributed by atoms with Gasteiger partial charge < -0.3 is 9.90 Å². The summed E-state index contributed by atoms with van der Waals surface area (Å²) in [4.78, 5) is 34.3. The molecule has 1 aromatic rings. The maximum atomic E-state index is 12.1. The van der Waals surface area contributed by atoms with Crippen LogP contribution in [0.2, 0.25) is 0 Å². The number of carboxylic acids is 1. The Kier molecular flexibility index (Phi) is 5.83. The summed E-state index contributed by atoms with van der Waals surface area (Å²) in [6.07, 6.45) is 4.61. The van der Waals surface area contributed by atoms with Crippen LogP contribution in [0.5, 0.6) is 0 Å². The highest BCUT2D eigenvalue weighted by molar-refractivity contribution is 8.26. The molecule has 1 heterocycles. The number of allylic oxidation sites excluding steroid dienone is 2. The first kappa shape index (κ1) is 17.8. The summed E-state index contributed by atoms with van der Waals surface area (Å²) in [6.45, 7) is -0.0175. The molecule has 0 saturated carbocycles. The number of aliphatic carboxylic acids is 1. The summed E-state index contributed by atoms with van der Waals surface area (Å²) < 4.78 is 0.302. The lowest BCUT2D eigenvalue weighted by Gasteiger charge is -2.14. The smallest absolute Gasteiger partial charge is 0.269 e. The zero-order chi connectivity index (χ0) is 17.7. The fourth-order valence-corrected chi connectivity index (χ4v) is 3.12. The van der Waals surface area contributed by atoms with Gasteiger partial charge in [-0.2, -0.15) is 0 Å². The number of nitro benzene ring substituents is 1. The van der Waals surface area contributed by atoms with E-state index in [2.05, 4.69) is 0 Å². The number of hydrogen-bond acceptors (Lipinski definition) is 7. The fraction of sp³-hybridized carbons (Fsp3) is 0.133. The fourth-order valence-electron chi connectivity index (χ4n) is 1.86. The minimum Gasteiger partial charge on any atom is -0.550 e. The van der Waals surface area contributed by atoms with E-state index < -0.39 is 10.9 Å². The Labute approximate surface area is 146 Å². The number of carbonyl (C=O) groups excluding carboxylic acids is 2. The van der Waals surface area contributed by atoms with Crippen LogP contribution in [0.25, 0.3) is 6.08 Å². The average Bonchev–Trinajstić information content (AvgIpc) is 2.80. The monoisotopic (exact) mass is 363 g/mol. The molecule has 1 aliphatic heterocycles. The van der Waals surface area contributed by atoms with E-state index in [-0.39, 0.29) is 24.6 Å². The predicted molar refractivity (Wildman–Crippen MR) is 91.7 cm³/mol. The second-order valence-corrected chi connectivity index (χ2v) is 6.36. The highest BCUT2D eigenvalue weighted by Gasteiger charge is 2.31. The third-order valence-corrected chi connectivity index (χ3v) is 4.45. The molecular weight excluding hydrogens is 352 g/mol. The lowest BCUT2D eigenvalue weighted by Crippen LogP contribution is -2.33. The highest BCUT2D eigenvalue weighted by atomic mass is 32.2. The van der Waals surface area contributed by atoms with E-state index >= 15 is 0 Å². The van der Waals surface area contributed by atoms with Crippen molar-refractivity contribution in [3.8, 4) is 0 Å². The van der Waals surface area contributed by atoms with E-state index in [1.54, 1.807) is 30.4 Å². The number of non-ortho nitro benzene ring substituents is 1. The Morgan fingerprint density at radius 3 is 2.58 bits per heavy atom. The van der Waals surface area contributed by atoms with Crippen molar-refractivity contribution in [3.63, 3.8) is 0 Å². The van der Waals surface area contributed by atoms with Gasteiger partial charge in [0.05, 0.1) is 9.83 Å². The van der Waals surface area contributed by atoms with E-state index in [1.165, 1.54) is 17.0 Å². The van der Waals surface area contributed by atoms with Crippen molar-refractivity contribution in [1.82, 2.24) is 4.90 Å². The Morgan fingerprint density at radius 1 is 1.33 bits per heavy atom. The molecule has 0 aliphatic carbocycles. The minimum atomic E-state index is -1.24. The summed E-state index contributed by atoms with van der Waals surface area (Å²) in [7, 11) is 0. The van der Waals surface area contributed by atoms with E-state index in [1.807, 2.05) is 0 Å². The van der Waals surface area contributed by atoms with Gasteiger partial charge in [-0.3, -0.25) is 19.8 Å². The normalized spacial score (nSPS) is 16.3. The zero-order valence-corrected chi connectivity index (χ0v) is 13.8. The van der Waals surface area contributed by atoms with Gasteiger partial charge in [0.15, 0.2) is 0 Å². The van der Waals surface area contributed by atoms with Crippen LogP contribution in [-0.2, 0) is 9.59 Å². The van der Waals surface area contributed by atoms with Gasteiger partial charge in [-0.05, 0) is 23.8 Å². The molecule has 0 atom stereocenters. The number of amides is 1.